The maximum absolute atomic E-state index is 12.6. The van der Waals surface area contributed by atoms with Gasteiger partial charge in [-0.3, -0.25) is 4.68 Å². The lowest BCUT2D eigenvalue weighted by molar-refractivity contribution is -0.274. The number of anilines is 1. The number of fused-ring (bicyclic) bond motifs is 1. The highest BCUT2D eigenvalue weighted by molar-refractivity contribution is 5.98. The molecule has 1 atom stereocenters. The van der Waals surface area contributed by atoms with E-state index in [0.717, 1.165) is 37.9 Å². The number of hydrogen-bond donors (Lipinski definition) is 1. The van der Waals surface area contributed by atoms with Crippen molar-refractivity contribution < 1.29 is 22.6 Å². The largest absolute Gasteiger partial charge is 0.573 e. The van der Waals surface area contributed by atoms with Gasteiger partial charge in [0.05, 0.1) is 24.2 Å². The third-order valence-corrected chi connectivity index (χ3v) is 5.62. The molecule has 0 radical (unpaired) electrons. The van der Waals surface area contributed by atoms with Crippen LogP contribution in [0.25, 0.3) is 22.2 Å². The number of halogens is 3. The lowest BCUT2D eigenvalue weighted by Crippen LogP contribution is -2.42. The summed E-state index contributed by atoms with van der Waals surface area (Å²) in [5.41, 5.74) is 1.65. The normalized spacial score (nSPS) is 17.5. The average molecular weight is 450 g/mol. The number of rotatable bonds is 6. The number of nitrogens with zero attached hydrogens (tertiary/aromatic N) is 5. The smallest absolute Gasteiger partial charge is 0.496 e. The van der Waals surface area contributed by atoms with Crippen molar-refractivity contribution in [2.24, 2.45) is 7.05 Å². The molecule has 2 aromatic heterocycles. The molecule has 11 heteroatoms. The van der Waals surface area contributed by atoms with E-state index in [2.05, 4.69) is 37.2 Å². The number of likely N-dealkylation sites (N-methyl/N-ethyl adjacent to an activating group) is 1. The Morgan fingerprint density at radius 2 is 2.06 bits per heavy atom. The zero-order chi connectivity index (χ0) is 22.9. The maximum Gasteiger partial charge on any atom is 0.573 e. The predicted molar refractivity (Wildman–Crippen MR) is 114 cm³/mol. The van der Waals surface area contributed by atoms with E-state index in [1.54, 1.807) is 17.9 Å². The Bertz CT molecular complexity index is 1100. The van der Waals surface area contributed by atoms with Crippen LogP contribution in [-0.2, 0) is 7.05 Å². The molecule has 4 rings (SSSR count). The predicted octanol–water partition coefficient (Wildman–Crippen LogP) is 3.83. The summed E-state index contributed by atoms with van der Waals surface area (Å²) in [6.07, 6.45) is -0.932. The fraction of sp³-hybridized carbons (Fsp3) is 0.476. The Balaban J connectivity index is 1.70. The van der Waals surface area contributed by atoms with Gasteiger partial charge in [-0.25, -0.2) is 0 Å². The molecule has 32 heavy (non-hydrogen) atoms. The Labute approximate surface area is 183 Å². The number of ether oxygens (including phenoxy) is 2. The number of hydrogen-bond acceptors (Lipinski definition) is 7. The van der Waals surface area contributed by atoms with Crippen molar-refractivity contribution in [2.75, 3.05) is 32.1 Å². The van der Waals surface area contributed by atoms with Crippen molar-refractivity contribution in [1.82, 2.24) is 24.9 Å². The van der Waals surface area contributed by atoms with E-state index in [4.69, 9.17) is 4.74 Å². The molecule has 0 aliphatic carbocycles. The quantitative estimate of drug-likeness (QED) is 0.612. The summed E-state index contributed by atoms with van der Waals surface area (Å²) in [5.74, 6) is 0.453. The van der Waals surface area contributed by atoms with Crippen LogP contribution in [0.15, 0.2) is 24.4 Å². The maximum atomic E-state index is 12.6. The summed E-state index contributed by atoms with van der Waals surface area (Å²) in [7, 11) is 3.16. The molecule has 1 saturated heterocycles. The van der Waals surface area contributed by atoms with Crippen molar-refractivity contribution >= 4 is 16.7 Å². The van der Waals surface area contributed by atoms with Crippen molar-refractivity contribution in [2.45, 2.75) is 32.2 Å². The van der Waals surface area contributed by atoms with Crippen LogP contribution in [0.5, 0.6) is 11.5 Å². The number of alkyl halides is 3. The van der Waals surface area contributed by atoms with E-state index in [0.29, 0.717) is 22.6 Å². The lowest BCUT2D eigenvalue weighted by atomic mass is 10.1. The number of aryl methyl sites for hydroxylation is 1. The number of nitrogens with one attached hydrogen (secondary N) is 1. The second-order valence-corrected chi connectivity index (χ2v) is 7.71. The number of methoxy groups -OCH3 is 1. The standard InChI is InChI=1S/C21H25F3N6O2/c1-4-30-9-5-6-13(12-30)26-20-16-11-25-29(2)19(16)18(27-28-20)15-8-7-14(10-17(15)31-3)32-21(22,23)24/h7-8,10-11,13H,4-6,9,12H2,1-3H3,(H,26,28)/t13-/m1/s1. The fourth-order valence-electron chi connectivity index (χ4n) is 4.10. The molecule has 1 aliphatic rings. The monoisotopic (exact) mass is 450 g/mol. The molecule has 0 saturated carbocycles. The molecule has 1 fully saturated rings. The molecule has 3 heterocycles. The number of piperidine rings is 1. The molecular weight excluding hydrogens is 425 g/mol. The van der Waals surface area contributed by atoms with Gasteiger partial charge < -0.3 is 19.7 Å². The summed E-state index contributed by atoms with van der Waals surface area (Å²) in [6.45, 7) is 5.17. The molecule has 1 aliphatic heterocycles. The average Bonchev–Trinajstić information content (AvgIpc) is 3.15. The second-order valence-electron chi connectivity index (χ2n) is 7.71. The van der Waals surface area contributed by atoms with Gasteiger partial charge in [0, 0.05) is 31.3 Å². The van der Waals surface area contributed by atoms with Crippen LogP contribution in [0.2, 0.25) is 0 Å². The minimum absolute atomic E-state index is 0.190. The van der Waals surface area contributed by atoms with Crippen molar-refractivity contribution in [3.8, 4) is 22.8 Å². The van der Waals surface area contributed by atoms with Gasteiger partial charge >= 0.3 is 6.36 Å². The van der Waals surface area contributed by atoms with Crippen LogP contribution in [-0.4, -0.2) is 64.0 Å². The van der Waals surface area contributed by atoms with E-state index in [9.17, 15) is 13.2 Å². The third-order valence-electron chi connectivity index (χ3n) is 5.62. The molecule has 0 bridgehead atoms. The molecule has 172 valence electrons. The van der Waals surface area contributed by atoms with Crippen LogP contribution in [0.4, 0.5) is 19.0 Å². The zero-order valence-electron chi connectivity index (χ0n) is 18.1. The Hall–Kier alpha value is -3.08. The third kappa shape index (κ3) is 4.57. The summed E-state index contributed by atoms with van der Waals surface area (Å²) >= 11 is 0. The van der Waals surface area contributed by atoms with Crippen LogP contribution in [0, 0.1) is 0 Å². The van der Waals surface area contributed by atoms with Crippen molar-refractivity contribution in [1.29, 1.82) is 0 Å². The Morgan fingerprint density at radius 1 is 1.25 bits per heavy atom. The van der Waals surface area contributed by atoms with Crippen LogP contribution in [0.1, 0.15) is 19.8 Å². The SMILES string of the molecule is CCN1CCC[C@@H](Nc2nnc(-c3ccc(OC(F)(F)F)cc3OC)c3c2cnn3C)C1. The first kappa shape index (κ1) is 22.1. The van der Waals surface area contributed by atoms with Gasteiger partial charge in [0.2, 0.25) is 0 Å². The highest BCUT2D eigenvalue weighted by atomic mass is 19.4. The first-order chi connectivity index (χ1) is 15.3. The molecule has 8 nitrogen and oxygen atoms in total. The highest BCUT2D eigenvalue weighted by Gasteiger charge is 2.31. The van der Waals surface area contributed by atoms with E-state index in [-0.39, 0.29) is 17.5 Å². The fourth-order valence-corrected chi connectivity index (χ4v) is 4.10. The Kier molecular flexibility index (Phi) is 6.09. The van der Waals surface area contributed by atoms with Crippen molar-refractivity contribution in [3.05, 3.63) is 24.4 Å². The summed E-state index contributed by atoms with van der Waals surface area (Å²) in [6, 6.07) is 4.13. The molecule has 0 amide bonds. The molecule has 3 aromatic rings. The molecular formula is C21H25F3N6O2. The van der Waals surface area contributed by atoms with Gasteiger partial charge in [-0.05, 0) is 38.1 Å². The lowest BCUT2D eigenvalue weighted by Gasteiger charge is -2.32. The second kappa shape index (κ2) is 8.81. The minimum atomic E-state index is -4.79. The first-order valence-corrected chi connectivity index (χ1v) is 10.4. The van der Waals surface area contributed by atoms with Crippen LogP contribution >= 0.6 is 0 Å². The van der Waals surface area contributed by atoms with Crippen LogP contribution < -0.4 is 14.8 Å². The topological polar surface area (TPSA) is 77.3 Å². The van der Waals surface area contributed by atoms with E-state index >= 15 is 0 Å². The number of aromatic nitrogens is 4. The summed E-state index contributed by atoms with van der Waals surface area (Å²) < 4.78 is 48.8. The first-order valence-electron chi connectivity index (χ1n) is 10.4. The molecule has 0 unspecified atom stereocenters. The van der Waals surface area contributed by atoms with Gasteiger partial charge in [-0.1, -0.05) is 6.92 Å². The summed E-state index contributed by atoms with van der Waals surface area (Å²) in [5, 5.41) is 17.4. The summed E-state index contributed by atoms with van der Waals surface area (Å²) in [4.78, 5) is 2.39. The highest BCUT2D eigenvalue weighted by Crippen LogP contribution is 2.38. The van der Waals surface area contributed by atoms with Gasteiger partial charge in [-0.15, -0.1) is 23.4 Å². The van der Waals surface area contributed by atoms with E-state index < -0.39 is 6.36 Å². The Morgan fingerprint density at radius 3 is 2.78 bits per heavy atom. The van der Waals surface area contributed by atoms with Gasteiger partial charge in [0.1, 0.15) is 17.2 Å². The van der Waals surface area contributed by atoms with Crippen molar-refractivity contribution in [3.63, 3.8) is 0 Å². The molecule has 1 aromatic carbocycles. The zero-order valence-corrected chi connectivity index (χ0v) is 18.1. The van der Waals surface area contributed by atoms with Crippen LogP contribution in [0.3, 0.4) is 0 Å². The minimum Gasteiger partial charge on any atom is -0.496 e. The van der Waals surface area contributed by atoms with E-state index in [1.807, 2.05) is 0 Å². The van der Waals surface area contributed by atoms with Gasteiger partial charge in [0.15, 0.2) is 5.82 Å². The molecule has 1 N–H and O–H groups in total. The number of benzene rings is 1. The van der Waals surface area contributed by atoms with Gasteiger partial charge in [-0.2, -0.15) is 5.10 Å². The number of likely N-dealkylation sites (tertiary alicyclic amines) is 1. The molecule has 0 spiro atoms. The van der Waals surface area contributed by atoms with Gasteiger partial charge in [0.25, 0.3) is 0 Å². The van der Waals surface area contributed by atoms with E-state index in [1.165, 1.54) is 25.3 Å².